The average Bonchev–Trinajstić information content (AvgIpc) is 3.10. The molecule has 6 nitrogen and oxygen atoms in total. The van der Waals surface area contributed by atoms with Gasteiger partial charge in [-0.25, -0.2) is 13.9 Å². The van der Waals surface area contributed by atoms with Crippen LogP contribution >= 0.6 is 0 Å². The summed E-state index contributed by atoms with van der Waals surface area (Å²) in [6.45, 7) is 1.49. The number of benzene rings is 2. The Morgan fingerprint density at radius 3 is 2.53 bits per heavy atom. The molecule has 0 unspecified atom stereocenters. The molecule has 1 amide bonds. The number of methoxy groups -OCH3 is 1. The van der Waals surface area contributed by atoms with Gasteiger partial charge in [0.25, 0.3) is 5.91 Å². The van der Waals surface area contributed by atoms with Gasteiger partial charge >= 0.3 is 12.1 Å². The first-order valence-corrected chi connectivity index (χ1v) is 8.53. The number of nitrogens with one attached hydrogen (secondary N) is 1. The quantitative estimate of drug-likeness (QED) is 0.501. The summed E-state index contributed by atoms with van der Waals surface area (Å²) in [4.78, 5) is 24.2. The fourth-order valence-electron chi connectivity index (χ4n) is 2.76. The third kappa shape index (κ3) is 4.17. The molecule has 2 aromatic carbocycles. The molecule has 156 valence electrons. The molecule has 3 aromatic rings. The number of aromatic nitrogens is 2. The number of alkyl halides is 3. The summed E-state index contributed by atoms with van der Waals surface area (Å²) >= 11 is 0. The van der Waals surface area contributed by atoms with Gasteiger partial charge in [0.2, 0.25) is 0 Å². The molecule has 0 aliphatic rings. The van der Waals surface area contributed by atoms with Crippen LogP contribution in [0.3, 0.4) is 0 Å². The van der Waals surface area contributed by atoms with Gasteiger partial charge in [-0.1, -0.05) is 6.07 Å². The molecule has 30 heavy (non-hydrogen) atoms. The second-order valence-electron chi connectivity index (χ2n) is 6.24. The second kappa shape index (κ2) is 7.97. The number of anilines is 1. The van der Waals surface area contributed by atoms with Gasteiger partial charge in [0, 0.05) is 0 Å². The average molecular weight is 421 g/mol. The molecule has 1 N–H and O–H groups in total. The van der Waals surface area contributed by atoms with E-state index in [2.05, 4.69) is 15.2 Å². The maximum Gasteiger partial charge on any atom is 0.416 e. The number of amides is 1. The lowest BCUT2D eigenvalue weighted by molar-refractivity contribution is -0.137. The Balaban J connectivity index is 1.90. The summed E-state index contributed by atoms with van der Waals surface area (Å²) in [5, 5.41) is 6.31. The topological polar surface area (TPSA) is 73.2 Å². The summed E-state index contributed by atoms with van der Waals surface area (Å²) in [7, 11) is 1.16. The van der Waals surface area contributed by atoms with Crippen molar-refractivity contribution in [1.29, 1.82) is 0 Å². The number of ether oxygens (including phenoxy) is 1. The molecule has 0 bridgehead atoms. The van der Waals surface area contributed by atoms with Crippen LogP contribution in [0.5, 0.6) is 0 Å². The Kier molecular flexibility index (Phi) is 5.59. The molecule has 0 saturated heterocycles. The molecule has 0 saturated carbocycles. The van der Waals surface area contributed by atoms with E-state index in [1.807, 2.05) is 0 Å². The summed E-state index contributed by atoms with van der Waals surface area (Å²) in [6.07, 6.45) is -3.37. The number of nitrogens with zero attached hydrogens (tertiary/aromatic N) is 2. The van der Waals surface area contributed by atoms with Crippen molar-refractivity contribution < 1.29 is 31.9 Å². The van der Waals surface area contributed by atoms with Crippen molar-refractivity contribution in [3.8, 4) is 5.69 Å². The highest BCUT2D eigenvalue weighted by Gasteiger charge is 2.30. The largest absolute Gasteiger partial charge is 0.465 e. The SMILES string of the molecule is COC(=O)c1ccc(F)c(NC(=O)c2cnn(-c3cccc(C(F)(F)F)c3)c2C)c1. The van der Waals surface area contributed by atoms with E-state index in [1.54, 1.807) is 0 Å². The Labute approximate surface area is 168 Å². The molecule has 0 aliphatic heterocycles. The van der Waals surface area contributed by atoms with Gasteiger partial charge in [-0.05, 0) is 43.3 Å². The van der Waals surface area contributed by atoms with Crippen LogP contribution in [0.15, 0.2) is 48.7 Å². The molecule has 3 rings (SSSR count). The van der Waals surface area contributed by atoms with Crippen LogP contribution < -0.4 is 5.32 Å². The molecule has 0 fully saturated rings. The fourth-order valence-corrected chi connectivity index (χ4v) is 2.76. The molecular weight excluding hydrogens is 406 g/mol. The van der Waals surface area contributed by atoms with Crippen molar-refractivity contribution in [2.75, 3.05) is 12.4 Å². The van der Waals surface area contributed by atoms with Gasteiger partial charge in [0.15, 0.2) is 0 Å². The van der Waals surface area contributed by atoms with E-state index in [9.17, 15) is 27.2 Å². The van der Waals surface area contributed by atoms with Crippen molar-refractivity contribution >= 4 is 17.6 Å². The minimum atomic E-state index is -4.53. The van der Waals surface area contributed by atoms with Crippen LogP contribution in [0.4, 0.5) is 23.2 Å². The minimum absolute atomic E-state index is 0.0234. The molecule has 10 heteroatoms. The first-order valence-electron chi connectivity index (χ1n) is 8.53. The van der Waals surface area contributed by atoms with Crippen molar-refractivity contribution in [3.63, 3.8) is 0 Å². The Bertz CT molecular complexity index is 1120. The molecule has 1 heterocycles. The zero-order valence-electron chi connectivity index (χ0n) is 15.7. The normalized spacial score (nSPS) is 11.3. The molecular formula is C20H15F4N3O3. The van der Waals surface area contributed by atoms with E-state index in [4.69, 9.17) is 0 Å². The molecule has 0 radical (unpaired) electrons. The van der Waals surface area contributed by atoms with Crippen LogP contribution in [0.2, 0.25) is 0 Å². The summed E-state index contributed by atoms with van der Waals surface area (Å²) in [5.41, 5.74) is -0.700. The lowest BCUT2D eigenvalue weighted by atomic mass is 10.1. The summed E-state index contributed by atoms with van der Waals surface area (Å²) < 4.78 is 58.6. The number of carbonyl (C=O) groups excluding carboxylic acids is 2. The van der Waals surface area contributed by atoms with Gasteiger partial charge in [-0.3, -0.25) is 4.79 Å². The van der Waals surface area contributed by atoms with Crippen LogP contribution in [-0.4, -0.2) is 28.8 Å². The van der Waals surface area contributed by atoms with Crippen molar-refractivity contribution in [1.82, 2.24) is 9.78 Å². The minimum Gasteiger partial charge on any atom is -0.465 e. The van der Waals surface area contributed by atoms with Crippen LogP contribution in [0.1, 0.15) is 32.0 Å². The zero-order valence-corrected chi connectivity index (χ0v) is 15.7. The number of esters is 1. The van der Waals surface area contributed by atoms with Crippen molar-refractivity contribution in [3.05, 3.63) is 76.9 Å². The first-order chi connectivity index (χ1) is 14.1. The highest BCUT2D eigenvalue weighted by Crippen LogP contribution is 2.30. The molecule has 0 atom stereocenters. The van der Waals surface area contributed by atoms with E-state index in [0.717, 1.165) is 37.6 Å². The molecule has 0 spiro atoms. The highest BCUT2D eigenvalue weighted by atomic mass is 19.4. The Morgan fingerprint density at radius 2 is 1.87 bits per heavy atom. The van der Waals surface area contributed by atoms with Crippen LogP contribution in [0.25, 0.3) is 5.69 Å². The predicted octanol–water partition coefficient (Wildman–Crippen LogP) is 4.38. The standard InChI is InChI=1S/C20H15F4N3O3/c1-11-15(10-25-27(11)14-5-3-4-13(9-14)20(22,23)24)18(28)26-17-8-12(19(29)30-2)6-7-16(17)21/h3-10H,1-2H3,(H,26,28). The van der Waals surface area contributed by atoms with Crippen LogP contribution in [0, 0.1) is 12.7 Å². The summed E-state index contributed by atoms with van der Waals surface area (Å²) in [6, 6.07) is 7.79. The number of halogens is 4. The first kappa shape index (κ1) is 21.0. The lowest BCUT2D eigenvalue weighted by Gasteiger charge is -2.11. The maximum absolute atomic E-state index is 14.0. The zero-order chi connectivity index (χ0) is 22.1. The highest BCUT2D eigenvalue weighted by molar-refractivity contribution is 6.05. The van der Waals surface area contributed by atoms with Crippen LogP contribution in [-0.2, 0) is 10.9 Å². The van der Waals surface area contributed by atoms with E-state index in [-0.39, 0.29) is 28.2 Å². The third-order valence-corrected chi connectivity index (χ3v) is 4.31. The number of hydrogen-bond acceptors (Lipinski definition) is 4. The summed E-state index contributed by atoms with van der Waals surface area (Å²) in [5.74, 6) is -2.23. The lowest BCUT2D eigenvalue weighted by Crippen LogP contribution is -2.15. The van der Waals surface area contributed by atoms with Gasteiger partial charge in [0.05, 0.1) is 47.1 Å². The van der Waals surface area contributed by atoms with E-state index in [0.29, 0.717) is 0 Å². The van der Waals surface area contributed by atoms with E-state index in [1.165, 1.54) is 29.8 Å². The van der Waals surface area contributed by atoms with Crippen molar-refractivity contribution in [2.24, 2.45) is 0 Å². The van der Waals surface area contributed by atoms with Gasteiger partial charge in [-0.15, -0.1) is 0 Å². The predicted molar refractivity (Wildman–Crippen MR) is 99.0 cm³/mol. The van der Waals surface area contributed by atoms with Gasteiger partial charge < -0.3 is 10.1 Å². The maximum atomic E-state index is 14.0. The Morgan fingerprint density at radius 1 is 1.13 bits per heavy atom. The smallest absolute Gasteiger partial charge is 0.416 e. The monoisotopic (exact) mass is 421 g/mol. The second-order valence-corrected chi connectivity index (χ2v) is 6.24. The van der Waals surface area contributed by atoms with Gasteiger partial charge in [-0.2, -0.15) is 18.3 Å². The number of carbonyl (C=O) groups is 2. The third-order valence-electron chi connectivity index (χ3n) is 4.31. The fraction of sp³-hybridized carbons (Fsp3) is 0.150. The molecule has 1 aromatic heterocycles. The molecule has 0 aliphatic carbocycles. The number of hydrogen-bond donors (Lipinski definition) is 1. The van der Waals surface area contributed by atoms with Gasteiger partial charge in [0.1, 0.15) is 5.82 Å². The van der Waals surface area contributed by atoms with Crippen molar-refractivity contribution in [2.45, 2.75) is 13.1 Å². The van der Waals surface area contributed by atoms with E-state index < -0.39 is 29.4 Å². The number of rotatable bonds is 4. The Hall–Kier alpha value is -3.69. The van der Waals surface area contributed by atoms with E-state index >= 15 is 0 Å².